The Balaban J connectivity index is 1.85. The molecule has 2 unspecified atom stereocenters. The molecule has 25 heavy (non-hydrogen) atoms. The van der Waals surface area contributed by atoms with Crippen LogP contribution in [0.4, 0.5) is 0 Å². The molecule has 0 aliphatic carbocycles. The van der Waals surface area contributed by atoms with Gasteiger partial charge in [-0.3, -0.25) is 4.84 Å². The molecular formula is C15H31B2NO7. The molecule has 2 fully saturated rings. The summed E-state index contributed by atoms with van der Waals surface area (Å²) in [6, 6.07) is -0.154. The highest BCUT2D eigenvalue weighted by Crippen LogP contribution is 2.29. The molecule has 2 saturated heterocycles. The summed E-state index contributed by atoms with van der Waals surface area (Å²) < 4.78 is 27.8. The Morgan fingerprint density at radius 3 is 2.12 bits per heavy atom. The van der Waals surface area contributed by atoms with Crippen LogP contribution < -0.4 is 0 Å². The largest absolute Gasteiger partial charge is 0.388 e. The number of nitrogens with zero attached hydrogens (tertiary/aromatic N) is 1. The number of hydrogen-bond donors (Lipinski definition) is 1. The van der Waals surface area contributed by atoms with Gasteiger partial charge >= 0.3 is 0 Å². The number of aliphatic hydroxyl groups excluding tert-OH is 1. The van der Waals surface area contributed by atoms with Crippen molar-refractivity contribution in [2.24, 2.45) is 5.92 Å². The van der Waals surface area contributed by atoms with E-state index >= 15 is 0 Å². The fourth-order valence-electron chi connectivity index (χ4n) is 3.87. The Morgan fingerprint density at radius 2 is 1.56 bits per heavy atom. The maximum Gasteiger partial charge on any atom is 0.142 e. The topological polar surface area (TPSA) is 78.9 Å². The zero-order chi connectivity index (χ0) is 18.6. The Hall–Kier alpha value is -0.190. The first-order chi connectivity index (χ1) is 11.9. The van der Waals surface area contributed by atoms with E-state index < -0.39 is 12.2 Å². The van der Waals surface area contributed by atoms with Crippen LogP contribution in [-0.4, -0.2) is 117 Å². The van der Waals surface area contributed by atoms with Gasteiger partial charge in [0.15, 0.2) is 0 Å². The van der Waals surface area contributed by atoms with E-state index in [1.165, 1.54) is 0 Å². The van der Waals surface area contributed by atoms with Crippen LogP contribution in [0.1, 0.15) is 0 Å². The van der Waals surface area contributed by atoms with Crippen LogP contribution >= 0.6 is 0 Å². The van der Waals surface area contributed by atoms with Crippen molar-refractivity contribution in [1.29, 1.82) is 0 Å². The van der Waals surface area contributed by atoms with Gasteiger partial charge < -0.3 is 28.8 Å². The Morgan fingerprint density at radius 1 is 0.960 bits per heavy atom. The molecule has 0 aromatic rings. The molecule has 144 valence electrons. The van der Waals surface area contributed by atoms with Gasteiger partial charge in [-0.15, -0.1) is 0 Å². The number of methoxy groups -OCH3 is 3. The predicted molar refractivity (Wildman–Crippen MR) is 96.0 cm³/mol. The Bertz CT molecular complexity index is 408. The average Bonchev–Trinajstić information content (AvgIpc) is 3.01. The van der Waals surface area contributed by atoms with Gasteiger partial charge in [0.1, 0.15) is 34.0 Å². The van der Waals surface area contributed by atoms with Crippen LogP contribution in [0.5, 0.6) is 0 Å². The van der Waals surface area contributed by atoms with Gasteiger partial charge in [-0.1, -0.05) is 0 Å². The minimum atomic E-state index is -0.698. The molecule has 2 heterocycles. The van der Waals surface area contributed by atoms with E-state index in [-0.39, 0.29) is 42.8 Å². The van der Waals surface area contributed by atoms with Crippen molar-refractivity contribution in [2.75, 3.05) is 48.1 Å². The molecule has 0 aromatic heterocycles. The molecule has 8 atom stereocenters. The molecule has 0 radical (unpaired) electrons. The van der Waals surface area contributed by atoms with Gasteiger partial charge in [-0.05, 0) is 0 Å². The number of hydroxylamine groups is 2. The highest BCUT2D eigenvalue weighted by Gasteiger charge is 2.44. The van der Waals surface area contributed by atoms with E-state index in [2.05, 4.69) is 0 Å². The molecule has 2 rings (SSSR count). The monoisotopic (exact) mass is 359 g/mol. The van der Waals surface area contributed by atoms with Crippen molar-refractivity contribution in [3.8, 4) is 0 Å². The SMILES string of the molecule is B[C@@H]1OC(CON(C)C[C@@H]2C(COC)O[C@@H](B)[C@@H]2OC)[C@@H](O)[C@H]1OC. The van der Waals surface area contributed by atoms with Crippen LogP contribution in [0.15, 0.2) is 0 Å². The number of rotatable bonds is 9. The summed E-state index contributed by atoms with van der Waals surface area (Å²) in [4.78, 5) is 5.79. The van der Waals surface area contributed by atoms with E-state index in [1.54, 1.807) is 26.4 Å². The second-order valence-corrected chi connectivity index (χ2v) is 6.88. The van der Waals surface area contributed by atoms with Crippen molar-refractivity contribution < 1.29 is 33.6 Å². The highest BCUT2D eigenvalue weighted by molar-refractivity contribution is 6.12. The van der Waals surface area contributed by atoms with Gasteiger partial charge in [0, 0.05) is 40.8 Å². The minimum Gasteiger partial charge on any atom is -0.388 e. The Kier molecular flexibility index (Phi) is 8.16. The van der Waals surface area contributed by atoms with Gasteiger partial charge in [0.2, 0.25) is 0 Å². The Labute approximate surface area is 151 Å². The van der Waals surface area contributed by atoms with Crippen LogP contribution in [-0.2, 0) is 28.5 Å². The normalized spacial score (nSPS) is 41.7. The van der Waals surface area contributed by atoms with E-state index in [0.29, 0.717) is 13.2 Å². The van der Waals surface area contributed by atoms with Crippen molar-refractivity contribution >= 4 is 15.7 Å². The standard InChI is InChI=1S/C15H31B2NO7/c1-18(23-7-10-11(19)13(22-4)15(17)25-10)5-8-9(6-20-2)24-14(16)12(8)21-3/h8-15,19H,5-7,16-17H2,1-4H3/t8-,9?,10?,11-,12-,13-,14-,15-/m1/s1. The van der Waals surface area contributed by atoms with E-state index in [0.717, 1.165) is 0 Å². The lowest BCUT2D eigenvalue weighted by molar-refractivity contribution is -0.185. The fraction of sp³-hybridized carbons (Fsp3) is 1.00. The molecular weight excluding hydrogens is 328 g/mol. The summed E-state index contributed by atoms with van der Waals surface area (Å²) in [6.45, 7) is 1.40. The van der Waals surface area contributed by atoms with E-state index in [1.807, 2.05) is 22.7 Å². The maximum absolute atomic E-state index is 10.2. The summed E-state index contributed by atoms with van der Waals surface area (Å²) in [7, 11) is 10.7. The first-order valence-corrected chi connectivity index (χ1v) is 8.80. The van der Waals surface area contributed by atoms with Crippen molar-refractivity contribution in [2.45, 2.75) is 42.5 Å². The van der Waals surface area contributed by atoms with Crippen molar-refractivity contribution in [3.05, 3.63) is 0 Å². The van der Waals surface area contributed by atoms with Crippen LogP contribution in [0, 0.1) is 5.92 Å². The molecule has 0 saturated carbocycles. The summed E-state index contributed by atoms with van der Waals surface area (Å²) >= 11 is 0. The summed E-state index contributed by atoms with van der Waals surface area (Å²) in [5.41, 5.74) is 0. The number of aliphatic hydroxyl groups is 1. The quantitative estimate of drug-likeness (QED) is 0.350. The van der Waals surface area contributed by atoms with Gasteiger partial charge in [0.25, 0.3) is 0 Å². The van der Waals surface area contributed by atoms with Crippen molar-refractivity contribution in [3.63, 3.8) is 0 Å². The van der Waals surface area contributed by atoms with E-state index in [9.17, 15) is 5.11 Å². The lowest BCUT2D eigenvalue weighted by Crippen LogP contribution is -2.41. The summed E-state index contributed by atoms with van der Waals surface area (Å²) in [5.74, 6) is 0.130. The average molecular weight is 359 g/mol. The molecule has 0 bridgehead atoms. The molecule has 10 heteroatoms. The molecule has 2 aliphatic rings. The zero-order valence-corrected chi connectivity index (χ0v) is 16.1. The lowest BCUT2D eigenvalue weighted by atomic mass is 9.87. The maximum atomic E-state index is 10.2. The minimum absolute atomic E-state index is 0.00634. The second-order valence-electron chi connectivity index (χ2n) is 6.88. The predicted octanol–water partition coefficient (Wildman–Crippen LogP) is -2.78. The van der Waals surface area contributed by atoms with Gasteiger partial charge in [0.05, 0.1) is 37.4 Å². The molecule has 2 aliphatic heterocycles. The number of ether oxygens (including phenoxy) is 5. The van der Waals surface area contributed by atoms with Crippen LogP contribution in [0.3, 0.4) is 0 Å². The van der Waals surface area contributed by atoms with Crippen LogP contribution in [0.2, 0.25) is 0 Å². The zero-order valence-electron chi connectivity index (χ0n) is 16.1. The number of hydrogen-bond acceptors (Lipinski definition) is 8. The van der Waals surface area contributed by atoms with Crippen LogP contribution in [0.25, 0.3) is 0 Å². The molecule has 0 aromatic carbocycles. The smallest absolute Gasteiger partial charge is 0.142 e. The van der Waals surface area contributed by atoms with E-state index in [4.69, 9.17) is 28.5 Å². The lowest BCUT2D eigenvalue weighted by Gasteiger charge is -2.28. The highest BCUT2D eigenvalue weighted by atomic mass is 16.7. The third-order valence-corrected chi connectivity index (χ3v) is 5.12. The fourth-order valence-corrected chi connectivity index (χ4v) is 3.87. The summed E-state index contributed by atoms with van der Waals surface area (Å²) in [6.07, 6.45) is -1.49. The molecule has 8 nitrogen and oxygen atoms in total. The first kappa shape index (κ1) is 21.1. The third kappa shape index (κ3) is 4.95. The second kappa shape index (κ2) is 9.66. The first-order valence-electron chi connectivity index (χ1n) is 8.80. The molecule has 1 N–H and O–H groups in total. The molecule has 0 amide bonds. The third-order valence-electron chi connectivity index (χ3n) is 5.12. The van der Waals surface area contributed by atoms with Crippen molar-refractivity contribution in [1.82, 2.24) is 5.06 Å². The van der Waals surface area contributed by atoms with Gasteiger partial charge in [-0.2, -0.15) is 5.06 Å². The van der Waals surface area contributed by atoms with Gasteiger partial charge in [-0.25, -0.2) is 0 Å². The summed E-state index contributed by atoms with van der Waals surface area (Å²) in [5, 5.41) is 12.0. The molecule has 0 spiro atoms.